The first-order chi connectivity index (χ1) is 15.4. The summed E-state index contributed by atoms with van der Waals surface area (Å²) in [5, 5.41) is 21.3. The molecule has 3 rings (SSSR count). The molecule has 166 valence electrons. The second-order valence-corrected chi connectivity index (χ2v) is 8.68. The van der Waals surface area contributed by atoms with Gasteiger partial charge >= 0.3 is 7.60 Å². The van der Waals surface area contributed by atoms with Crippen molar-refractivity contribution in [1.82, 2.24) is 0 Å². The number of nitro benzene ring substituents is 1. The van der Waals surface area contributed by atoms with E-state index in [4.69, 9.17) is 19.5 Å². The molecular formula is C22H22N3O6P. The number of ether oxygens (including phenoxy) is 1. The number of allylic oxidation sites excluding steroid dienone is 2. The SMILES string of the molecule is CCOP(=O)(OCC)C1=C(c2ccccc2)OC(N)=C(C#N)C1c1cccc([N+](=O)[O-])c1. The summed E-state index contributed by atoms with van der Waals surface area (Å²) in [4.78, 5) is 10.8. The van der Waals surface area contributed by atoms with Crippen molar-refractivity contribution in [2.24, 2.45) is 5.73 Å². The summed E-state index contributed by atoms with van der Waals surface area (Å²) in [5.41, 5.74) is 6.74. The minimum absolute atomic E-state index is 0.0418. The number of nitrogens with two attached hydrogens (primary N) is 1. The first-order valence-corrected chi connectivity index (χ1v) is 11.4. The Morgan fingerprint density at radius 2 is 1.81 bits per heavy atom. The van der Waals surface area contributed by atoms with Crippen molar-refractivity contribution in [2.75, 3.05) is 13.2 Å². The lowest BCUT2D eigenvalue weighted by molar-refractivity contribution is -0.384. The number of hydrogen-bond acceptors (Lipinski definition) is 8. The van der Waals surface area contributed by atoms with Crippen molar-refractivity contribution >= 4 is 19.0 Å². The number of nitrogens with zero attached hydrogens (tertiary/aromatic N) is 2. The zero-order valence-corrected chi connectivity index (χ0v) is 18.5. The van der Waals surface area contributed by atoms with E-state index in [1.54, 1.807) is 50.2 Å². The van der Waals surface area contributed by atoms with Gasteiger partial charge in [-0.15, -0.1) is 0 Å². The number of rotatable bonds is 8. The maximum absolute atomic E-state index is 14.0. The van der Waals surface area contributed by atoms with Crippen LogP contribution in [-0.4, -0.2) is 18.1 Å². The van der Waals surface area contributed by atoms with Crippen molar-refractivity contribution in [1.29, 1.82) is 5.26 Å². The molecule has 1 atom stereocenters. The van der Waals surface area contributed by atoms with Gasteiger partial charge in [-0.25, -0.2) is 0 Å². The van der Waals surface area contributed by atoms with E-state index in [0.717, 1.165) is 0 Å². The molecule has 1 aliphatic heterocycles. The Labute approximate surface area is 185 Å². The molecule has 0 fully saturated rings. The zero-order chi connectivity index (χ0) is 23.3. The van der Waals surface area contributed by atoms with Crippen LogP contribution in [0.25, 0.3) is 5.76 Å². The highest BCUT2D eigenvalue weighted by Crippen LogP contribution is 2.65. The van der Waals surface area contributed by atoms with E-state index in [1.165, 1.54) is 18.2 Å². The van der Waals surface area contributed by atoms with Crippen LogP contribution in [0.5, 0.6) is 0 Å². The van der Waals surface area contributed by atoms with Crippen molar-refractivity contribution < 1.29 is 23.3 Å². The van der Waals surface area contributed by atoms with E-state index >= 15 is 0 Å². The maximum Gasteiger partial charge on any atom is 0.362 e. The number of benzene rings is 2. The van der Waals surface area contributed by atoms with Gasteiger partial charge in [0, 0.05) is 17.7 Å². The molecule has 2 N–H and O–H groups in total. The monoisotopic (exact) mass is 455 g/mol. The molecule has 0 bridgehead atoms. The number of non-ortho nitro benzene ring substituents is 1. The second-order valence-electron chi connectivity index (χ2n) is 6.69. The largest absolute Gasteiger partial charge is 0.439 e. The first-order valence-electron chi connectivity index (χ1n) is 9.87. The molecule has 0 aliphatic carbocycles. The fourth-order valence-electron chi connectivity index (χ4n) is 3.48. The molecule has 0 saturated carbocycles. The highest BCUT2D eigenvalue weighted by molar-refractivity contribution is 7.58. The topological polar surface area (TPSA) is 138 Å². The lowest BCUT2D eigenvalue weighted by Gasteiger charge is -2.32. The van der Waals surface area contributed by atoms with Crippen molar-refractivity contribution in [3.05, 3.63) is 92.6 Å². The van der Waals surface area contributed by atoms with Crippen LogP contribution in [0.3, 0.4) is 0 Å². The zero-order valence-electron chi connectivity index (χ0n) is 17.6. The summed E-state index contributed by atoms with van der Waals surface area (Å²) in [7, 11) is -4.01. The summed E-state index contributed by atoms with van der Waals surface area (Å²) in [6.45, 7) is 3.45. The normalized spacial score (nSPS) is 16.5. The number of nitriles is 1. The molecular weight excluding hydrogens is 433 g/mol. The molecule has 32 heavy (non-hydrogen) atoms. The molecule has 2 aromatic carbocycles. The van der Waals surface area contributed by atoms with Crippen molar-refractivity contribution in [2.45, 2.75) is 19.8 Å². The number of nitro groups is 1. The molecule has 0 radical (unpaired) electrons. The van der Waals surface area contributed by atoms with E-state index < -0.39 is 18.4 Å². The van der Waals surface area contributed by atoms with Crippen LogP contribution in [0.1, 0.15) is 30.9 Å². The third-order valence-electron chi connectivity index (χ3n) is 4.74. The highest BCUT2D eigenvalue weighted by Gasteiger charge is 2.45. The summed E-state index contributed by atoms with van der Waals surface area (Å²) in [6, 6.07) is 16.5. The number of hydrogen-bond donors (Lipinski definition) is 1. The van der Waals surface area contributed by atoms with Crippen LogP contribution in [0.4, 0.5) is 5.69 Å². The smallest absolute Gasteiger partial charge is 0.362 e. The Balaban J connectivity index is 2.39. The van der Waals surface area contributed by atoms with Gasteiger partial charge in [0.05, 0.1) is 29.4 Å². The van der Waals surface area contributed by atoms with Gasteiger partial charge in [0.25, 0.3) is 5.69 Å². The molecule has 0 saturated heterocycles. The third kappa shape index (κ3) is 4.43. The van der Waals surface area contributed by atoms with E-state index in [2.05, 4.69) is 0 Å². The predicted octanol–water partition coefficient (Wildman–Crippen LogP) is 5.04. The van der Waals surface area contributed by atoms with Crippen molar-refractivity contribution in [3.8, 4) is 6.07 Å². The Bertz CT molecular complexity index is 1160. The van der Waals surface area contributed by atoms with Crippen LogP contribution < -0.4 is 5.73 Å². The predicted molar refractivity (Wildman–Crippen MR) is 118 cm³/mol. The minimum Gasteiger partial charge on any atom is -0.439 e. The Morgan fingerprint density at radius 3 is 2.38 bits per heavy atom. The maximum atomic E-state index is 14.0. The van der Waals surface area contributed by atoms with Crippen LogP contribution in [0.2, 0.25) is 0 Å². The van der Waals surface area contributed by atoms with Gasteiger partial charge in [-0.3, -0.25) is 14.7 Å². The Morgan fingerprint density at radius 1 is 1.16 bits per heavy atom. The average Bonchev–Trinajstić information content (AvgIpc) is 2.79. The molecule has 10 heteroatoms. The molecule has 0 spiro atoms. The average molecular weight is 455 g/mol. The van der Waals surface area contributed by atoms with Gasteiger partial charge in [-0.1, -0.05) is 42.5 Å². The summed E-state index contributed by atoms with van der Waals surface area (Å²) in [5.74, 6) is -1.09. The van der Waals surface area contributed by atoms with Gasteiger partial charge in [0.1, 0.15) is 17.4 Å². The standard InChI is InChI=1S/C22H22N3O6P/c1-3-29-32(28,30-4-2)21-19(16-11-8-12-17(13-16)25(26)27)18(14-23)22(24)31-20(21)15-9-6-5-7-10-15/h5-13,19H,3-4,24H2,1-2H3. The fraction of sp³-hybridized carbons (Fsp3) is 0.227. The minimum atomic E-state index is -4.01. The Hall–Kier alpha value is -3.44. The summed E-state index contributed by atoms with van der Waals surface area (Å²) >= 11 is 0. The fourth-order valence-corrected chi connectivity index (χ4v) is 5.53. The molecule has 1 unspecified atom stereocenters. The second kappa shape index (κ2) is 9.79. The van der Waals surface area contributed by atoms with Gasteiger partial charge in [0.15, 0.2) is 0 Å². The first kappa shape index (κ1) is 23.2. The van der Waals surface area contributed by atoms with Gasteiger partial charge in [-0.05, 0) is 19.4 Å². The molecule has 2 aromatic rings. The van der Waals surface area contributed by atoms with Crippen LogP contribution in [0, 0.1) is 21.4 Å². The lowest BCUT2D eigenvalue weighted by Crippen LogP contribution is -2.22. The van der Waals surface area contributed by atoms with E-state index in [1.807, 2.05) is 6.07 Å². The van der Waals surface area contributed by atoms with E-state index in [0.29, 0.717) is 11.1 Å². The van der Waals surface area contributed by atoms with E-state index in [9.17, 15) is 19.9 Å². The molecule has 9 nitrogen and oxygen atoms in total. The van der Waals surface area contributed by atoms with Crippen LogP contribution in [-0.2, 0) is 18.3 Å². The van der Waals surface area contributed by atoms with Crippen LogP contribution in [0.15, 0.2) is 71.4 Å². The Kier molecular flexibility index (Phi) is 7.11. The quantitative estimate of drug-likeness (QED) is 0.332. The van der Waals surface area contributed by atoms with Gasteiger partial charge < -0.3 is 19.5 Å². The van der Waals surface area contributed by atoms with Gasteiger partial charge in [0.2, 0.25) is 5.88 Å². The van der Waals surface area contributed by atoms with Crippen LogP contribution >= 0.6 is 7.60 Å². The molecule has 0 amide bonds. The third-order valence-corrected chi connectivity index (χ3v) is 6.98. The van der Waals surface area contributed by atoms with Gasteiger partial charge in [-0.2, -0.15) is 5.26 Å². The van der Waals surface area contributed by atoms with Crippen molar-refractivity contribution in [3.63, 3.8) is 0 Å². The summed E-state index contributed by atoms with van der Waals surface area (Å²) < 4.78 is 31.1. The summed E-state index contributed by atoms with van der Waals surface area (Å²) in [6.07, 6.45) is 0. The molecule has 1 aliphatic rings. The highest BCUT2D eigenvalue weighted by atomic mass is 31.2. The molecule has 1 heterocycles. The lowest BCUT2D eigenvalue weighted by atomic mass is 9.88. The molecule has 0 aromatic heterocycles. The van der Waals surface area contributed by atoms with E-state index in [-0.39, 0.29) is 41.4 Å².